The van der Waals surface area contributed by atoms with Crippen LogP contribution < -0.4 is 5.73 Å². The molecule has 0 spiro atoms. The normalized spacial score (nSPS) is 26.5. The van der Waals surface area contributed by atoms with Gasteiger partial charge in [0.15, 0.2) is 0 Å². The Morgan fingerprint density at radius 2 is 1.58 bits per heavy atom. The third-order valence-corrected chi connectivity index (χ3v) is 4.18. The Labute approximate surface area is 113 Å². The highest BCUT2D eigenvalue weighted by Gasteiger charge is 2.40. The lowest BCUT2D eigenvalue weighted by Crippen LogP contribution is -2.40. The maximum absolute atomic E-state index is 10.7. The van der Waals surface area contributed by atoms with E-state index < -0.39 is 5.60 Å². The van der Waals surface area contributed by atoms with Gasteiger partial charge >= 0.3 is 0 Å². The van der Waals surface area contributed by atoms with E-state index in [1.807, 2.05) is 30.3 Å². The van der Waals surface area contributed by atoms with E-state index in [1.165, 1.54) is 11.1 Å². The molecule has 2 unspecified atom stereocenters. The second-order valence-electron chi connectivity index (χ2n) is 5.37. The summed E-state index contributed by atoms with van der Waals surface area (Å²) in [6.45, 7) is 0. The zero-order chi connectivity index (χ0) is 13.3. The zero-order valence-corrected chi connectivity index (χ0v) is 10.9. The Balaban J connectivity index is 1.91. The van der Waals surface area contributed by atoms with Crippen LogP contribution in [0, 0.1) is 0 Å². The molecule has 1 aliphatic carbocycles. The third kappa shape index (κ3) is 2.18. The number of hydrogen-bond donors (Lipinski definition) is 2. The van der Waals surface area contributed by atoms with E-state index in [9.17, 15) is 5.11 Å². The number of nitrogens with two attached hydrogens (primary N) is 1. The Hall–Kier alpha value is -1.64. The van der Waals surface area contributed by atoms with Crippen molar-refractivity contribution >= 4 is 0 Å². The van der Waals surface area contributed by atoms with Crippen LogP contribution in [0.1, 0.15) is 24.8 Å². The smallest absolute Gasteiger partial charge is 0.105 e. The van der Waals surface area contributed by atoms with E-state index in [-0.39, 0.29) is 6.04 Å². The zero-order valence-electron chi connectivity index (χ0n) is 10.9. The van der Waals surface area contributed by atoms with Gasteiger partial charge in [-0.1, -0.05) is 54.6 Å². The van der Waals surface area contributed by atoms with Crippen molar-refractivity contribution in [2.45, 2.75) is 30.9 Å². The van der Waals surface area contributed by atoms with E-state index >= 15 is 0 Å². The molecule has 0 aromatic heterocycles. The quantitative estimate of drug-likeness (QED) is 0.864. The number of rotatable bonds is 2. The topological polar surface area (TPSA) is 46.2 Å². The van der Waals surface area contributed by atoms with Crippen LogP contribution in [0.25, 0.3) is 11.1 Å². The van der Waals surface area contributed by atoms with Gasteiger partial charge in [0.05, 0.1) is 0 Å². The molecule has 0 amide bonds. The van der Waals surface area contributed by atoms with Crippen LogP contribution in [-0.2, 0) is 5.60 Å². The summed E-state index contributed by atoms with van der Waals surface area (Å²) in [6.07, 6.45) is 2.66. The van der Waals surface area contributed by atoms with Gasteiger partial charge in [0.1, 0.15) is 5.60 Å². The molecule has 2 aromatic carbocycles. The highest BCUT2D eigenvalue weighted by molar-refractivity contribution is 5.63. The minimum Gasteiger partial charge on any atom is -0.384 e. The van der Waals surface area contributed by atoms with Gasteiger partial charge in [-0.2, -0.15) is 0 Å². The van der Waals surface area contributed by atoms with Crippen LogP contribution in [-0.4, -0.2) is 11.1 Å². The Morgan fingerprint density at radius 3 is 2.16 bits per heavy atom. The monoisotopic (exact) mass is 253 g/mol. The lowest BCUT2D eigenvalue weighted by molar-refractivity contribution is 0.0282. The molecule has 0 aliphatic heterocycles. The summed E-state index contributed by atoms with van der Waals surface area (Å²) in [7, 11) is 0. The van der Waals surface area contributed by atoms with E-state index in [0.29, 0.717) is 0 Å². The first-order valence-corrected chi connectivity index (χ1v) is 6.84. The SMILES string of the molecule is NC1CCCC1(O)c1ccc(-c2ccccc2)cc1. The van der Waals surface area contributed by atoms with Gasteiger partial charge in [-0.15, -0.1) is 0 Å². The van der Waals surface area contributed by atoms with Crippen LogP contribution in [0.3, 0.4) is 0 Å². The molecule has 1 saturated carbocycles. The lowest BCUT2D eigenvalue weighted by atomic mass is 9.88. The maximum Gasteiger partial charge on any atom is 0.105 e. The van der Waals surface area contributed by atoms with Crippen LogP contribution in [0.2, 0.25) is 0 Å². The molecule has 2 aromatic rings. The molecular weight excluding hydrogens is 234 g/mol. The molecule has 2 atom stereocenters. The van der Waals surface area contributed by atoms with E-state index in [0.717, 1.165) is 24.8 Å². The van der Waals surface area contributed by atoms with Crippen molar-refractivity contribution in [3.63, 3.8) is 0 Å². The third-order valence-electron chi connectivity index (χ3n) is 4.18. The highest BCUT2D eigenvalue weighted by atomic mass is 16.3. The molecule has 0 saturated heterocycles. The van der Waals surface area contributed by atoms with Gasteiger partial charge in [-0.3, -0.25) is 0 Å². The molecule has 98 valence electrons. The summed E-state index contributed by atoms with van der Waals surface area (Å²) in [5, 5.41) is 10.7. The van der Waals surface area contributed by atoms with Crippen molar-refractivity contribution in [1.29, 1.82) is 0 Å². The minimum atomic E-state index is -0.838. The van der Waals surface area contributed by atoms with Crippen LogP contribution in [0.15, 0.2) is 54.6 Å². The first-order valence-electron chi connectivity index (χ1n) is 6.84. The minimum absolute atomic E-state index is 0.143. The van der Waals surface area contributed by atoms with Crippen molar-refractivity contribution in [2.75, 3.05) is 0 Å². The average Bonchev–Trinajstić information content (AvgIpc) is 2.81. The van der Waals surface area contributed by atoms with Gasteiger partial charge in [0, 0.05) is 6.04 Å². The van der Waals surface area contributed by atoms with Gasteiger partial charge < -0.3 is 10.8 Å². The van der Waals surface area contributed by atoms with Crippen molar-refractivity contribution < 1.29 is 5.11 Å². The van der Waals surface area contributed by atoms with E-state index in [2.05, 4.69) is 24.3 Å². The highest BCUT2D eigenvalue weighted by Crippen LogP contribution is 2.38. The van der Waals surface area contributed by atoms with E-state index in [1.54, 1.807) is 0 Å². The maximum atomic E-state index is 10.7. The second kappa shape index (κ2) is 4.80. The summed E-state index contributed by atoms with van der Waals surface area (Å²) in [4.78, 5) is 0. The molecule has 0 bridgehead atoms. The Bertz CT molecular complexity index is 549. The van der Waals surface area contributed by atoms with Crippen molar-refractivity contribution in [3.05, 3.63) is 60.2 Å². The van der Waals surface area contributed by atoms with Crippen molar-refractivity contribution in [2.24, 2.45) is 5.73 Å². The van der Waals surface area contributed by atoms with E-state index in [4.69, 9.17) is 5.73 Å². The fourth-order valence-corrected chi connectivity index (χ4v) is 2.96. The molecule has 19 heavy (non-hydrogen) atoms. The fraction of sp³-hybridized carbons (Fsp3) is 0.294. The fourth-order valence-electron chi connectivity index (χ4n) is 2.96. The van der Waals surface area contributed by atoms with Gasteiger partial charge in [-0.05, 0) is 36.0 Å². The molecule has 2 heteroatoms. The molecule has 3 rings (SSSR count). The lowest BCUT2D eigenvalue weighted by Gasteiger charge is -2.28. The molecule has 2 nitrogen and oxygen atoms in total. The molecule has 1 aliphatic rings. The predicted molar refractivity (Wildman–Crippen MR) is 77.6 cm³/mol. The molecule has 3 N–H and O–H groups in total. The second-order valence-corrected chi connectivity index (χ2v) is 5.37. The number of hydrogen-bond acceptors (Lipinski definition) is 2. The summed E-state index contributed by atoms with van der Waals surface area (Å²) >= 11 is 0. The molecular formula is C17H19NO. The van der Waals surface area contributed by atoms with Crippen LogP contribution in [0.4, 0.5) is 0 Å². The predicted octanol–water partition coefficient (Wildman–Crippen LogP) is 3.05. The Kier molecular flexibility index (Phi) is 3.13. The number of aliphatic hydroxyl groups is 1. The van der Waals surface area contributed by atoms with Crippen molar-refractivity contribution in [1.82, 2.24) is 0 Å². The van der Waals surface area contributed by atoms with Crippen LogP contribution >= 0.6 is 0 Å². The standard InChI is InChI=1S/C17H19NO/c18-16-7-4-12-17(16,19)15-10-8-14(9-11-15)13-5-2-1-3-6-13/h1-3,5-6,8-11,16,19H,4,7,12,18H2. The summed E-state index contributed by atoms with van der Waals surface area (Å²) in [5.74, 6) is 0. The summed E-state index contributed by atoms with van der Waals surface area (Å²) < 4.78 is 0. The number of benzene rings is 2. The molecule has 1 fully saturated rings. The average molecular weight is 253 g/mol. The largest absolute Gasteiger partial charge is 0.384 e. The summed E-state index contributed by atoms with van der Waals surface area (Å²) in [5.41, 5.74) is 8.51. The van der Waals surface area contributed by atoms with Gasteiger partial charge in [0.25, 0.3) is 0 Å². The first kappa shape index (κ1) is 12.4. The Morgan fingerprint density at radius 1 is 0.947 bits per heavy atom. The first-order chi connectivity index (χ1) is 9.20. The van der Waals surface area contributed by atoms with Gasteiger partial charge in [0.2, 0.25) is 0 Å². The summed E-state index contributed by atoms with van der Waals surface area (Å²) in [6, 6.07) is 18.2. The van der Waals surface area contributed by atoms with Crippen LogP contribution in [0.5, 0.6) is 0 Å². The van der Waals surface area contributed by atoms with Gasteiger partial charge in [-0.25, -0.2) is 0 Å². The molecule has 0 heterocycles. The van der Waals surface area contributed by atoms with Crippen molar-refractivity contribution in [3.8, 4) is 11.1 Å². The molecule has 0 radical (unpaired) electrons.